The first kappa shape index (κ1) is 10.2. The minimum absolute atomic E-state index is 0.111. The number of hydrogen-bond donors (Lipinski definition) is 2. The van der Waals surface area contributed by atoms with Crippen molar-refractivity contribution in [2.24, 2.45) is 5.92 Å². The molecule has 2 rings (SSSR count). The van der Waals surface area contributed by atoms with E-state index in [0.29, 0.717) is 6.04 Å². The van der Waals surface area contributed by atoms with Gasteiger partial charge in [0.1, 0.15) is 0 Å². The first-order valence-electron chi connectivity index (χ1n) is 5.35. The van der Waals surface area contributed by atoms with E-state index in [1.54, 1.807) is 0 Å². The normalized spacial score (nSPS) is 25.1. The fourth-order valence-electron chi connectivity index (χ4n) is 1.90. The number of rotatable bonds is 2. The van der Waals surface area contributed by atoms with Crippen molar-refractivity contribution in [3.8, 4) is 0 Å². The van der Waals surface area contributed by atoms with E-state index in [9.17, 15) is 4.79 Å². The third-order valence-electron chi connectivity index (χ3n) is 2.76. The van der Waals surface area contributed by atoms with E-state index >= 15 is 0 Å². The second kappa shape index (κ2) is 4.45. The number of anilines is 1. The maximum atomic E-state index is 11.8. The maximum absolute atomic E-state index is 11.8. The molecule has 1 fully saturated rings. The Balaban J connectivity index is 1.93. The van der Waals surface area contributed by atoms with Crippen molar-refractivity contribution in [1.29, 1.82) is 0 Å². The van der Waals surface area contributed by atoms with Gasteiger partial charge in [-0.25, -0.2) is 0 Å². The van der Waals surface area contributed by atoms with Crippen molar-refractivity contribution in [2.45, 2.75) is 19.4 Å². The van der Waals surface area contributed by atoms with E-state index < -0.39 is 0 Å². The summed E-state index contributed by atoms with van der Waals surface area (Å²) in [6.07, 6.45) is 0.929. The van der Waals surface area contributed by atoms with Crippen LogP contribution in [-0.4, -0.2) is 18.5 Å². The highest BCUT2D eigenvalue weighted by Gasteiger charge is 2.26. The minimum Gasteiger partial charge on any atom is -0.326 e. The Bertz CT molecular complexity index is 337. The van der Waals surface area contributed by atoms with E-state index in [-0.39, 0.29) is 11.8 Å². The smallest absolute Gasteiger partial charge is 0.228 e. The third-order valence-corrected chi connectivity index (χ3v) is 2.76. The molecule has 1 aromatic carbocycles. The number of carbonyl (C=O) groups is 1. The quantitative estimate of drug-likeness (QED) is 0.768. The minimum atomic E-state index is 0.111. The Kier molecular flexibility index (Phi) is 3.02. The van der Waals surface area contributed by atoms with Gasteiger partial charge in [-0.15, -0.1) is 0 Å². The molecule has 2 atom stereocenters. The van der Waals surface area contributed by atoms with Crippen LogP contribution in [0.25, 0.3) is 0 Å². The summed E-state index contributed by atoms with van der Waals surface area (Å²) < 4.78 is 0. The van der Waals surface area contributed by atoms with Crippen molar-refractivity contribution in [3.05, 3.63) is 30.3 Å². The fraction of sp³-hybridized carbons (Fsp3) is 0.417. The van der Waals surface area contributed by atoms with Gasteiger partial charge in [0.2, 0.25) is 5.91 Å². The van der Waals surface area contributed by atoms with E-state index in [2.05, 4.69) is 17.6 Å². The number of benzene rings is 1. The lowest BCUT2D eigenvalue weighted by Crippen LogP contribution is -2.24. The molecule has 3 heteroatoms. The predicted molar refractivity (Wildman–Crippen MR) is 60.6 cm³/mol. The third kappa shape index (κ3) is 2.57. The van der Waals surface area contributed by atoms with Crippen LogP contribution in [-0.2, 0) is 4.79 Å². The molecule has 1 aromatic rings. The monoisotopic (exact) mass is 204 g/mol. The lowest BCUT2D eigenvalue weighted by molar-refractivity contribution is -0.119. The Morgan fingerprint density at radius 1 is 1.40 bits per heavy atom. The number of hydrogen-bond acceptors (Lipinski definition) is 2. The van der Waals surface area contributed by atoms with Crippen LogP contribution in [0.2, 0.25) is 0 Å². The number of nitrogens with one attached hydrogen (secondary N) is 2. The Morgan fingerprint density at radius 3 is 2.73 bits per heavy atom. The topological polar surface area (TPSA) is 41.1 Å². The number of para-hydroxylation sites is 1. The SMILES string of the molecule is C[C@@H]1C[C@@H](C(=O)Nc2ccccc2)CN1. The molecule has 3 nitrogen and oxygen atoms in total. The lowest BCUT2D eigenvalue weighted by atomic mass is 10.1. The zero-order chi connectivity index (χ0) is 10.7. The Labute approximate surface area is 89.9 Å². The van der Waals surface area contributed by atoms with Gasteiger partial charge >= 0.3 is 0 Å². The zero-order valence-corrected chi connectivity index (χ0v) is 8.86. The molecule has 0 spiro atoms. The fourth-order valence-corrected chi connectivity index (χ4v) is 1.90. The van der Waals surface area contributed by atoms with E-state index in [4.69, 9.17) is 0 Å². The van der Waals surface area contributed by atoms with Gasteiger partial charge in [-0.3, -0.25) is 4.79 Å². The van der Waals surface area contributed by atoms with Crippen molar-refractivity contribution >= 4 is 11.6 Å². The molecular weight excluding hydrogens is 188 g/mol. The summed E-state index contributed by atoms with van der Waals surface area (Å²) in [5.74, 6) is 0.234. The molecule has 1 amide bonds. The van der Waals surface area contributed by atoms with Crippen LogP contribution >= 0.6 is 0 Å². The first-order valence-corrected chi connectivity index (χ1v) is 5.35. The first-order chi connectivity index (χ1) is 7.25. The molecule has 0 aliphatic carbocycles. The average Bonchev–Trinajstić information content (AvgIpc) is 2.66. The molecule has 0 saturated carbocycles. The number of carbonyl (C=O) groups excluding carboxylic acids is 1. The van der Waals surface area contributed by atoms with Gasteiger partial charge < -0.3 is 10.6 Å². The molecule has 1 aliphatic rings. The predicted octanol–water partition coefficient (Wildman–Crippen LogP) is 1.62. The van der Waals surface area contributed by atoms with E-state index in [1.807, 2.05) is 30.3 Å². The van der Waals surface area contributed by atoms with Gasteiger partial charge in [0, 0.05) is 18.3 Å². The highest BCUT2D eigenvalue weighted by Crippen LogP contribution is 2.16. The second-order valence-corrected chi connectivity index (χ2v) is 4.10. The molecule has 15 heavy (non-hydrogen) atoms. The van der Waals surface area contributed by atoms with Crippen LogP contribution in [0.4, 0.5) is 5.69 Å². The lowest BCUT2D eigenvalue weighted by Gasteiger charge is -2.09. The molecule has 0 bridgehead atoms. The summed E-state index contributed by atoms with van der Waals surface area (Å²) in [5.41, 5.74) is 0.877. The maximum Gasteiger partial charge on any atom is 0.228 e. The zero-order valence-electron chi connectivity index (χ0n) is 8.86. The van der Waals surface area contributed by atoms with Crippen molar-refractivity contribution in [1.82, 2.24) is 5.32 Å². The molecule has 0 radical (unpaired) electrons. The molecule has 0 aromatic heterocycles. The van der Waals surface area contributed by atoms with Crippen LogP contribution < -0.4 is 10.6 Å². The van der Waals surface area contributed by atoms with Gasteiger partial charge in [0.15, 0.2) is 0 Å². The van der Waals surface area contributed by atoms with Gasteiger partial charge in [0.05, 0.1) is 5.92 Å². The van der Waals surface area contributed by atoms with Gasteiger partial charge in [0.25, 0.3) is 0 Å². The molecule has 2 N–H and O–H groups in total. The highest BCUT2D eigenvalue weighted by molar-refractivity contribution is 5.92. The Hall–Kier alpha value is -1.35. The van der Waals surface area contributed by atoms with Gasteiger partial charge in [-0.2, -0.15) is 0 Å². The van der Waals surface area contributed by atoms with E-state index in [0.717, 1.165) is 18.7 Å². The Morgan fingerprint density at radius 2 is 2.13 bits per heavy atom. The second-order valence-electron chi connectivity index (χ2n) is 4.10. The summed E-state index contributed by atoms with van der Waals surface area (Å²) in [4.78, 5) is 11.8. The van der Waals surface area contributed by atoms with E-state index in [1.165, 1.54) is 0 Å². The molecule has 1 heterocycles. The van der Waals surface area contributed by atoms with Crippen LogP contribution in [0.1, 0.15) is 13.3 Å². The largest absolute Gasteiger partial charge is 0.326 e. The number of amides is 1. The van der Waals surface area contributed by atoms with Crippen molar-refractivity contribution in [2.75, 3.05) is 11.9 Å². The molecule has 1 aliphatic heterocycles. The van der Waals surface area contributed by atoms with Crippen molar-refractivity contribution in [3.63, 3.8) is 0 Å². The average molecular weight is 204 g/mol. The summed E-state index contributed by atoms with van der Waals surface area (Å²) in [5, 5.41) is 6.20. The van der Waals surface area contributed by atoms with Crippen LogP contribution in [0.15, 0.2) is 30.3 Å². The molecule has 80 valence electrons. The highest BCUT2D eigenvalue weighted by atomic mass is 16.1. The summed E-state index contributed by atoms with van der Waals surface area (Å²) >= 11 is 0. The summed E-state index contributed by atoms with van der Waals surface area (Å²) in [7, 11) is 0. The summed E-state index contributed by atoms with van der Waals surface area (Å²) in [6.45, 7) is 2.90. The van der Waals surface area contributed by atoms with Crippen LogP contribution in [0.5, 0.6) is 0 Å². The van der Waals surface area contributed by atoms with Crippen LogP contribution in [0.3, 0.4) is 0 Å². The molecule has 0 unspecified atom stereocenters. The molecule has 1 saturated heterocycles. The standard InChI is InChI=1S/C12H16N2O/c1-9-7-10(8-13-9)12(15)14-11-5-3-2-4-6-11/h2-6,9-10,13H,7-8H2,1H3,(H,14,15)/t9-,10-/m1/s1. The molecular formula is C12H16N2O. The van der Waals surface area contributed by atoms with Crippen molar-refractivity contribution < 1.29 is 4.79 Å². The summed E-state index contributed by atoms with van der Waals surface area (Å²) in [6, 6.07) is 10.1. The van der Waals surface area contributed by atoms with Gasteiger partial charge in [-0.1, -0.05) is 18.2 Å². The van der Waals surface area contributed by atoms with Gasteiger partial charge in [-0.05, 0) is 25.5 Å². The van der Waals surface area contributed by atoms with Crippen LogP contribution in [0, 0.1) is 5.92 Å².